The molecular weight excluding hydrogens is 398 g/mol. The largest absolute Gasteiger partial charge is 0.283 e. The van der Waals surface area contributed by atoms with E-state index in [4.69, 9.17) is 4.99 Å². The van der Waals surface area contributed by atoms with E-state index >= 15 is 0 Å². The van der Waals surface area contributed by atoms with Crippen molar-refractivity contribution in [1.29, 1.82) is 0 Å². The van der Waals surface area contributed by atoms with E-state index in [9.17, 15) is 4.79 Å². The van der Waals surface area contributed by atoms with Crippen LogP contribution in [0.5, 0.6) is 0 Å². The third kappa shape index (κ3) is 4.19. The van der Waals surface area contributed by atoms with Crippen LogP contribution in [0.4, 0.5) is 5.13 Å². The van der Waals surface area contributed by atoms with E-state index in [1.165, 1.54) is 53.5 Å². The highest BCUT2D eigenvalue weighted by Crippen LogP contribution is 2.41. The van der Waals surface area contributed by atoms with Crippen molar-refractivity contribution in [2.75, 3.05) is 0 Å². The Bertz CT molecular complexity index is 999. The number of amidine groups is 1. The summed E-state index contributed by atoms with van der Waals surface area (Å²) in [6, 6.07) is 6.66. The summed E-state index contributed by atoms with van der Waals surface area (Å²) < 4.78 is 0. The molecule has 2 aliphatic rings. The molecule has 4 nitrogen and oxygen atoms in total. The van der Waals surface area contributed by atoms with Crippen LogP contribution in [0.3, 0.4) is 0 Å². The number of hydrogen-bond donors (Lipinski definition) is 0. The quantitative estimate of drug-likeness (QED) is 0.535. The van der Waals surface area contributed by atoms with Crippen molar-refractivity contribution >= 4 is 44.9 Å². The monoisotopic (exact) mass is 425 g/mol. The molecule has 1 amide bonds. The summed E-state index contributed by atoms with van der Waals surface area (Å²) in [6.45, 7) is 8.26. The second kappa shape index (κ2) is 8.44. The number of carbonyl (C=O) groups is 1. The molecule has 4 rings (SSSR count). The van der Waals surface area contributed by atoms with Crippen LogP contribution in [0, 0.1) is 20.8 Å². The molecule has 2 heterocycles. The van der Waals surface area contributed by atoms with Gasteiger partial charge in [-0.3, -0.25) is 9.69 Å². The lowest BCUT2D eigenvalue weighted by atomic mass is 9.94. The molecule has 6 heteroatoms. The summed E-state index contributed by atoms with van der Waals surface area (Å²) >= 11 is 3.04. The van der Waals surface area contributed by atoms with E-state index in [0.717, 1.165) is 44.9 Å². The lowest BCUT2D eigenvalue weighted by Crippen LogP contribution is -2.40. The minimum absolute atomic E-state index is 0.102. The average molecular weight is 426 g/mol. The Kier molecular flexibility index (Phi) is 5.93. The predicted octanol–water partition coefficient (Wildman–Crippen LogP) is 6.40. The molecule has 1 aliphatic carbocycles. The molecule has 0 bridgehead atoms. The molecule has 1 saturated carbocycles. The van der Waals surface area contributed by atoms with Crippen molar-refractivity contribution in [3.05, 3.63) is 50.9 Å². The van der Waals surface area contributed by atoms with Crippen molar-refractivity contribution < 1.29 is 4.79 Å². The third-order valence-electron chi connectivity index (χ3n) is 5.83. The standard InChI is InChI=1S/C23H27N3OS2/c1-14-10-11-18(12-15(14)2)17(4)20-21(27)26(19-8-6-5-7-9-19)23(29-20)25-22-24-16(3)13-28-22/h10-13,19H,5-9H2,1-4H3/b20-17-,25-23+. The van der Waals surface area contributed by atoms with Gasteiger partial charge in [-0.1, -0.05) is 37.5 Å². The van der Waals surface area contributed by atoms with Crippen LogP contribution in [0.2, 0.25) is 0 Å². The summed E-state index contributed by atoms with van der Waals surface area (Å²) in [5.74, 6) is 0.102. The fraction of sp³-hybridized carbons (Fsp3) is 0.435. The van der Waals surface area contributed by atoms with Crippen LogP contribution in [0.1, 0.15) is 61.4 Å². The van der Waals surface area contributed by atoms with Gasteiger partial charge in [0.15, 0.2) is 5.17 Å². The van der Waals surface area contributed by atoms with Crippen LogP contribution in [-0.4, -0.2) is 27.0 Å². The zero-order chi connectivity index (χ0) is 20.5. The van der Waals surface area contributed by atoms with Gasteiger partial charge in [0.25, 0.3) is 5.91 Å². The van der Waals surface area contributed by atoms with Crippen LogP contribution < -0.4 is 0 Å². The van der Waals surface area contributed by atoms with Crippen molar-refractivity contribution in [3.8, 4) is 0 Å². The molecule has 2 fully saturated rings. The van der Waals surface area contributed by atoms with Gasteiger partial charge in [-0.2, -0.15) is 4.99 Å². The van der Waals surface area contributed by atoms with Gasteiger partial charge in [0, 0.05) is 11.4 Å². The fourth-order valence-corrected chi connectivity index (χ4v) is 5.76. The van der Waals surface area contributed by atoms with E-state index in [1.54, 1.807) is 0 Å². The number of carbonyl (C=O) groups excluding carboxylic acids is 1. The molecule has 1 aliphatic heterocycles. The number of nitrogens with zero attached hydrogens (tertiary/aromatic N) is 3. The lowest BCUT2D eigenvalue weighted by Gasteiger charge is -2.30. The number of hydrogen-bond acceptors (Lipinski definition) is 5. The van der Waals surface area contributed by atoms with Crippen LogP contribution in [0.15, 0.2) is 33.5 Å². The zero-order valence-corrected chi connectivity index (χ0v) is 19.1. The smallest absolute Gasteiger partial charge is 0.267 e. The molecule has 152 valence electrons. The van der Waals surface area contributed by atoms with E-state index < -0.39 is 0 Å². The highest BCUT2D eigenvalue weighted by molar-refractivity contribution is 8.18. The molecule has 1 aromatic carbocycles. The van der Waals surface area contributed by atoms with E-state index in [2.05, 4.69) is 44.0 Å². The van der Waals surface area contributed by atoms with Gasteiger partial charge in [0.05, 0.1) is 10.6 Å². The highest BCUT2D eigenvalue weighted by atomic mass is 32.2. The van der Waals surface area contributed by atoms with E-state index in [0.29, 0.717) is 0 Å². The molecule has 29 heavy (non-hydrogen) atoms. The number of aryl methyl sites for hydroxylation is 3. The number of thioether (sulfide) groups is 1. The first-order chi connectivity index (χ1) is 13.9. The Hall–Kier alpha value is -1.92. The van der Waals surface area contributed by atoms with E-state index in [-0.39, 0.29) is 11.9 Å². The molecule has 0 radical (unpaired) electrons. The first-order valence-electron chi connectivity index (χ1n) is 10.2. The topological polar surface area (TPSA) is 45.6 Å². The Balaban J connectivity index is 1.75. The van der Waals surface area contributed by atoms with Crippen molar-refractivity contribution in [2.24, 2.45) is 4.99 Å². The van der Waals surface area contributed by atoms with Gasteiger partial charge in [0.2, 0.25) is 5.13 Å². The van der Waals surface area contributed by atoms with Gasteiger partial charge in [-0.25, -0.2) is 4.98 Å². The maximum Gasteiger partial charge on any atom is 0.267 e. The van der Waals surface area contributed by atoms with Gasteiger partial charge in [-0.15, -0.1) is 11.3 Å². The fourth-order valence-electron chi connectivity index (χ4n) is 3.94. The normalized spacial score (nSPS) is 21.3. The van der Waals surface area contributed by atoms with Crippen LogP contribution in [0.25, 0.3) is 5.57 Å². The molecule has 1 aromatic heterocycles. The number of thiazole rings is 1. The molecule has 0 spiro atoms. The highest BCUT2D eigenvalue weighted by Gasteiger charge is 2.40. The lowest BCUT2D eigenvalue weighted by molar-refractivity contribution is -0.124. The Labute approximate surface area is 181 Å². The van der Waals surface area contributed by atoms with Gasteiger partial charge >= 0.3 is 0 Å². The minimum atomic E-state index is 0.102. The molecule has 0 unspecified atom stereocenters. The summed E-state index contributed by atoms with van der Waals surface area (Å²) in [6.07, 6.45) is 5.72. The third-order valence-corrected chi connectivity index (χ3v) is 7.84. The van der Waals surface area contributed by atoms with E-state index in [1.807, 2.05) is 17.2 Å². The summed E-state index contributed by atoms with van der Waals surface area (Å²) in [5, 5.41) is 3.51. The number of aromatic nitrogens is 1. The van der Waals surface area contributed by atoms with Crippen molar-refractivity contribution in [1.82, 2.24) is 9.88 Å². The second-order valence-electron chi connectivity index (χ2n) is 7.99. The molecule has 0 atom stereocenters. The number of rotatable bonds is 3. The summed E-state index contributed by atoms with van der Waals surface area (Å²) in [5.41, 5.74) is 5.62. The molecular formula is C23H27N3OS2. The van der Waals surface area contributed by atoms with Gasteiger partial charge in [0.1, 0.15) is 0 Å². The predicted molar refractivity (Wildman–Crippen MR) is 124 cm³/mol. The maximum atomic E-state index is 13.5. The maximum absolute atomic E-state index is 13.5. The first-order valence-corrected chi connectivity index (χ1v) is 11.9. The van der Waals surface area contributed by atoms with Gasteiger partial charge < -0.3 is 0 Å². The second-order valence-corrected chi connectivity index (χ2v) is 9.80. The molecule has 0 N–H and O–H groups in total. The molecule has 2 aromatic rings. The van der Waals surface area contributed by atoms with Crippen LogP contribution >= 0.6 is 23.1 Å². The van der Waals surface area contributed by atoms with Crippen molar-refractivity contribution in [2.45, 2.75) is 65.8 Å². The Morgan fingerprint density at radius 2 is 1.90 bits per heavy atom. The number of benzene rings is 1. The number of amides is 1. The summed E-state index contributed by atoms with van der Waals surface area (Å²) in [4.78, 5) is 25.6. The average Bonchev–Trinajstić information content (AvgIpc) is 3.27. The number of aliphatic imine (C=N–C) groups is 1. The zero-order valence-electron chi connectivity index (χ0n) is 17.5. The number of allylic oxidation sites excluding steroid dienone is 1. The van der Waals surface area contributed by atoms with Crippen LogP contribution in [-0.2, 0) is 4.79 Å². The summed E-state index contributed by atoms with van der Waals surface area (Å²) in [7, 11) is 0. The van der Waals surface area contributed by atoms with Gasteiger partial charge in [-0.05, 0) is 74.6 Å². The minimum Gasteiger partial charge on any atom is -0.283 e. The first kappa shape index (κ1) is 20.4. The SMILES string of the molecule is C/C(=C1/S/C(=N/c2nc(C)cs2)N(C2CCCCC2)C1=O)c1ccc(C)c(C)c1. The molecule has 1 saturated heterocycles. The Morgan fingerprint density at radius 3 is 2.55 bits per heavy atom. The van der Waals surface area contributed by atoms with Crippen molar-refractivity contribution in [3.63, 3.8) is 0 Å². The Morgan fingerprint density at radius 1 is 1.14 bits per heavy atom.